The quantitative estimate of drug-likeness (QED) is 0.354. The Balaban J connectivity index is 2.27. The zero-order valence-corrected chi connectivity index (χ0v) is 21.2. The van der Waals surface area contributed by atoms with Crippen LogP contribution in [0.4, 0.5) is 0 Å². The van der Waals surface area contributed by atoms with Gasteiger partial charge in [0.15, 0.2) is 16.6 Å². The first kappa shape index (κ1) is 23.6. The molecular formula is C22H22Br2N2O4S. The molecule has 0 unspecified atom stereocenters. The van der Waals surface area contributed by atoms with Gasteiger partial charge in [-0.25, -0.2) is 4.79 Å². The van der Waals surface area contributed by atoms with E-state index in [2.05, 4.69) is 42.5 Å². The number of thiocarbonyl (C=S) groups is 1. The number of hydrogen-bond donors (Lipinski definition) is 2. The van der Waals surface area contributed by atoms with Crippen molar-refractivity contribution < 1.29 is 19.0 Å². The van der Waals surface area contributed by atoms with Crippen molar-refractivity contribution in [3.8, 4) is 11.5 Å². The fraction of sp³-hybridized carbons (Fsp3) is 0.273. The van der Waals surface area contributed by atoms with Crippen LogP contribution in [0, 0.1) is 0 Å². The highest BCUT2D eigenvalue weighted by Gasteiger charge is 2.35. The molecule has 0 saturated heterocycles. The molecule has 0 bridgehead atoms. The summed E-state index contributed by atoms with van der Waals surface area (Å²) in [5, 5.41) is 6.74. The Morgan fingerprint density at radius 3 is 2.45 bits per heavy atom. The maximum Gasteiger partial charge on any atom is 0.338 e. The summed E-state index contributed by atoms with van der Waals surface area (Å²) in [5.41, 5.74) is 2.59. The second kappa shape index (κ2) is 10.5. The van der Waals surface area contributed by atoms with Crippen molar-refractivity contribution in [1.82, 2.24) is 10.6 Å². The van der Waals surface area contributed by atoms with Crippen LogP contribution >= 0.6 is 44.1 Å². The topological polar surface area (TPSA) is 68.8 Å². The van der Waals surface area contributed by atoms with Gasteiger partial charge in [0.1, 0.15) is 0 Å². The molecule has 2 aromatic carbocycles. The highest BCUT2D eigenvalue weighted by Crippen LogP contribution is 2.46. The van der Waals surface area contributed by atoms with Gasteiger partial charge in [-0.3, -0.25) is 0 Å². The number of methoxy groups -OCH3 is 1. The van der Waals surface area contributed by atoms with Crippen LogP contribution in [0.3, 0.4) is 0 Å². The van der Waals surface area contributed by atoms with E-state index in [0.717, 1.165) is 11.1 Å². The Hall–Kier alpha value is -2.10. The standard InChI is InChI=1S/C22H22Br2N2O4S/c1-4-29-14-11-13(16(23)17(24)20(14)28-3)19-15(21(27)30-5-2)18(25-22(31)26-19)12-9-7-6-8-10-12/h6-11,19H,4-5H2,1-3H3,(H2,25,26,31)/t19-/m0/s1. The van der Waals surface area contributed by atoms with Gasteiger partial charge in [0, 0.05) is 4.47 Å². The number of carbonyl (C=O) groups is 1. The molecule has 0 aliphatic carbocycles. The first-order valence-electron chi connectivity index (χ1n) is 9.65. The van der Waals surface area contributed by atoms with Gasteiger partial charge in [0.05, 0.1) is 42.1 Å². The van der Waals surface area contributed by atoms with Crippen LogP contribution in [0.2, 0.25) is 0 Å². The van der Waals surface area contributed by atoms with E-state index in [1.54, 1.807) is 14.0 Å². The van der Waals surface area contributed by atoms with Gasteiger partial charge in [-0.2, -0.15) is 0 Å². The third-order valence-corrected chi connectivity index (χ3v) is 6.96. The molecule has 164 valence electrons. The van der Waals surface area contributed by atoms with E-state index in [1.807, 2.05) is 43.3 Å². The molecule has 1 heterocycles. The van der Waals surface area contributed by atoms with Crippen molar-refractivity contribution in [3.63, 3.8) is 0 Å². The number of ether oxygens (including phenoxy) is 3. The van der Waals surface area contributed by atoms with Gasteiger partial charge in [0.2, 0.25) is 0 Å². The highest BCUT2D eigenvalue weighted by molar-refractivity contribution is 9.13. The average molecular weight is 570 g/mol. The molecule has 31 heavy (non-hydrogen) atoms. The first-order chi connectivity index (χ1) is 14.9. The van der Waals surface area contributed by atoms with Crippen LogP contribution in [0.1, 0.15) is 31.0 Å². The molecule has 6 nitrogen and oxygen atoms in total. The lowest BCUT2D eigenvalue weighted by Crippen LogP contribution is -2.45. The summed E-state index contributed by atoms with van der Waals surface area (Å²) >= 11 is 12.7. The number of benzene rings is 2. The second-order valence-electron chi connectivity index (χ2n) is 6.46. The van der Waals surface area contributed by atoms with E-state index in [4.69, 9.17) is 26.4 Å². The molecule has 1 aliphatic heterocycles. The normalized spacial score (nSPS) is 15.8. The van der Waals surface area contributed by atoms with E-state index >= 15 is 0 Å². The van der Waals surface area contributed by atoms with E-state index in [0.29, 0.717) is 43.4 Å². The summed E-state index contributed by atoms with van der Waals surface area (Å²) in [6, 6.07) is 10.8. The molecule has 0 saturated carbocycles. The summed E-state index contributed by atoms with van der Waals surface area (Å²) in [6.45, 7) is 4.37. The Labute approximate surface area is 203 Å². The van der Waals surface area contributed by atoms with Crippen molar-refractivity contribution in [2.45, 2.75) is 19.9 Å². The molecule has 9 heteroatoms. The van der Waals surface area contributed by atoms with Crippen LogP contribution in [0.5, 0.6) is 11.5 Å². The number of esters is 1. The molecule has 0 amide bonds. The van der Waals surface area contributed by atoms with Gasteiger partial charge < -0.3 is 24.8 Å². The van der Waals surface area contributed by atoms with Crippen LogP contribution < -0.4 is 20.1 Å². The minimum atomic E-state index is -0.584. The zero-order chi connectivity index (χ0) is 22.5. The van der Waals surface area contributed by atoms with Gasteiger partial charge in [-0.15, -0.1) is 0 Å². The number of halogens is 2. The lowest BCUT2D eigenvalue weighted by Gasteiger charge is -2.32. The lowest BCUT2D eigenvalue weighted by atomic mass is 9.92. The third-order valence-electron chi connectivity index (χ3n) is 4.60. The molecule has 2 aromatic rings. The smallest absolute Gasteiger partial charge is 0.338 e. The maximum absolute atomic E-state index is 13.1. The fourth-order valence-electron chi connectivity index (χ4n) is 3.33. The van der Waals surface area contributed by atoms with Crippen molar-refractivity contribution in [1.29, 1.82) is 0 Å². The summed E-state index contributed by atoms with van der Waals surface area (Å²) in [6.07, 6.45) is 0. The molecule has 0 aromatic heterocycles. The minimum Gasteiger partial charge on any atom is -0.492 e. The van der Waals surface area contributed by atoms with Gasteiger partial charge >= 0.3 is 5.97 Å². The first-order valence-corrected chi connectivity index (χ1v) is 11.6. The maximum atomic E-state index is 13.1. The van der Waals surface area contributed by atoms with E-state index in [-0.39, 0.29) is 6.61 Å². The Kier molecular flexibility index (Phi) is 7.96. The van der Waals surface area contributed by atoms with Crippen molar-refractivity contribution in [3.05, 3.63) is 62.0 Å². The average Bonchev–Trinajstić information content (AvgIpc) is 2.76. The number of rotatable bonds is 7. The lowest BCUT2D eigenvalue weighted by molar-refractivity contribution is -0.138. The second-order valence-corrected chi connectivity index (χ2v) is 8.46. The summed E-state index contributed by atoms with van der Waals surface area (Å²) in [7, 11) is 1.57. The molecule has 1 atom stereocenters. The molecule has 0 fully saturated rings. The van der Waals surface area contributed by atoms with Crippen LogP contribution in [-0.2, 0) is 9.53 Å². The fourth-order valence-corrected chi connectivity index (χ4v) is 4.66. The summed E-state index contributed by atoms with van der Waals surface area (Å²) in [4.78, 5) is 13.1. The summed E-state index contributed by atoms with van der Waals surface area (Å²) in [5.74, 6) is 0.662. The molecule has 2 N–H and O–H groups in total. The number of carbonyl (C=O) groups excluding carboxylic acids is 1. The minimum absolute atomic E-state index is 0.249. The van der Waals surface area contributed by atoms with Crippen LogP contribution in [0.15, 0.2) is 50.9 Å². The zero-order valence-electron chi connectivity index (χ0n) is 17.3. The Morgan fingerprint density at radius 1 is 1.13 bits per heavy atom. The van der Waals surface area contributed by atoms with Crippen molar-refractivity contribution in [2.24, 2.45) is 0 Å². The van der Waals surface area contributed by atoms with E-state index < -0.39 is 12.0 Å². The monoisotopic (exact) mass is 568 g/mol. The largest absolute Gasteiger partial charge is 0.492 e. The van der Waals surface area contributed by atoms with Crippen molar-refractivity contribution in [2.75, 3.05) is 20.3 Å². The van der Waals surface area contributed by atoms with Gasteiger partial charge in [0.25, 0.3) is 0 Å². The molecule has 1 aliphatic rings. The van der Waals surface area contributed by atoms with Gasteiger partial charge in [-0.1, -0.05) is 30.3 Å². The van der Waals surface area contributed by atoms with Crippen LogP contribution in [-0.4, -0.2) is 31.4 Å². The van der Waals surface area contributed by atoms with Crippen molar-refractivity contribution >= 4 is 60.9 Å². The Morgan fingerprint density at radius 2 is 1.84 bits per heavy atom. The molecule has 3 rings (SSSR count). The molecule has 0 radical (unpaired) electrons. The van der Waals surface area contributed by atoms with E-state index in [1.165, 1.54) is 0 Å². The third kappa shape index (κ3) is 4.88. The Bertz CT molecular complexity index is 1030. The van der Waals surface area contributed by atoms with Gasteiger partial charge in [-0.05, 0) is 75.1 Å². The predicted octanol–water partition coefficient (Wildman–Crippen LogP) is 5.11. The predicted molar refractivity (Wildman–Crippen MR) is 131 cm³/mol. The number of hydrogen-bond acceptors (Lipinski definition) is 5. The SMILES string of the molecule is CCOC(=O)C1=C(c2ccccc2)NC(=S)N[C@H]1c1cc(OCC)c(OC)c(Br)c1Br. The number of nitrogens with one attached hydrogen (secondary N) is 2. The molecular weight excluding hydrogens is 548 g/mol. The van der Waals surface area contributed by atoms with E-state index in [9.17, 15) is 4.79 Å². The summed E-state index contributed by atoms with van der Waals surface area (Å²) < 4.78 is 18.1. The van der Waals surface area contributed by atoms with Crippen LogP contribution in [0.25, 0.3) is 5.70 Å². The molecule has 0 spiro atoms. The highest BCUT2D eigenvalue weighted by atomic mass is 79.9.